The molecule has 0 N–H and O–H groups in total. The minimum Gasteiger partial charge on any atom is -0.421 e. The molecule has 0 radical (unpaired) electrons. The highest BCUT2D eigenvalue weighted by Gasteiger charge is 2.60. The van der Waals surface area contributed by atoms with Crippen molar-refractivity contribution in [2.75, 3.05) is 0 Å². The van der Waals surface area contributed by atoms with Gasteiger partial charge in [0.1, 0.15) is 0 Å². The van der Waals surface area contributed by atoms with E-state index in [0.717, 1.165) is 34.8 Å². The van der Waals surface area contributed by atoms with Gasteiger partial charge in [-0.25, -0.2) is 0 Å². The number of hydrogen-bond acceptors (Lipinski definition) is 2. The first-order chi connectivity index (χ1) is 16.1. The molecular formula is C30H60O2Si3. The van der Waals surface area contributed by atoms with E-state index >= 15 is 0 Å². The van der Waals surface area contributed by atoms with Gasteiger partial charge in [-0.05, 0) is 70.8 Å². The molecular weight excluding hydrogens is 477 g/mol. The Morgan fingerprint density at radius 2 is 1.11 bits per heavy atom. The Morgan fingerprint density at radius 3 is 1.60 bits per heavy atom. The monoisotopic (exact) mass is 536 g/mol. The zero-order chi connectivity index (χ0) is 25.8. The molecule has 0 aromatic carbocycles. The van der Waals surface area contributed by atoms with E-state index in [4.69, 9.17) is 8.85 Å². The third-order valence-corrected chi connectivity index (χ3v) is 22.4. The minimum atomic E-state index is -1.79. The molecule has 2 nitrogen and oxygen atoms in total. The Hall–Kier alpha value is 0.571. The van der Waals surface area contributed by atoms with Crippen molar-refractivity contribution in [3.8, 4) is 0 Å². The van der Waals surface area contributed by atoms with E-state index in [9.17, 15) is 0 Å². The molecule has 35 heavy (non-hydrogen) atoms. The van der Waals surface area contributed by atoms with E-state index in [1.54, 1.807) is 0 Å². The molecule has 8 unspecified atom stereocenters. The third-order valence-electron chi connectivity index (χ3n) is 11.4. The lowest BCUT2D eigenvalue weighted by atomic mass is 9.81. The fraction of sp³-hybridized carbons (Fsp3) is 1.00. The molecule has 204 valence electrons. The molecule has 0 heterocycles. The second-order valence-electron chi connectivity index (χ2n) is 16.6. The molecule has 4 fully saturated rings. The van der Waals surface area contributed by atoms with Crippen LogP contribution in [0.25, 0.3) is 0 Å². The molecule has 4 aliphatic carbocycles. The van der Waals surface area contributed by atoms with Gasteiger partial charge < -0.3 is 8.85 Å². The van der Waals surface area contributed by atoms with E-state index in [1.807, 2.05) is 0 Å². The summed E-state index contributed by atoms with van der Waals surface area (Å²) in [6.07, 6.45) is 15.6. The second kappa shape index (κ2) is 10.3. The van der Waals surface area contributed by atoms with Gasteiger partial charge in [0.25, 0.3) is 0 Å². The zero-order valence-electron chi connectivity index (χ0n) is 25.2. The van der Waals surface area contributed by atoms with Crippen LogP contribution >= 0.6 is 0 Å². The van der Waals surface area contributed by atoms with Crippen LogP contribution in [0.1, 0.15) is 106 Å². The Bertz CT molecular complexity index is 722. The molecule has 4 rings (SSSR count). The molecule has 0 bridgehead atoms. The van der Waals surface area contributed by atoms with Crippen LogP contribution in [-0.4, -0.2) is 38.4 Å². The molecule has 0 spiro atoms. The number of fused-ring (bicyclic) bond motifs is 2. The van der Waals surface area contributed by atoms with Crippen molar-refractivity contribution in [3.63, 3.8) is 0 Å². The van der Waals surface area contributed by atoms with E-state index < -0.39 is 26.2 Å². The zero-order valence-corrected chi connectivity index (χ0v) is 28.6. The summed E-state index contributed by atoms with van der Waals surface area (Å²) in [6, 6.07) is 0. The molecule has 0 aromatic rings. The van der Waals surface area contributed by atoms with Crippen LogP contribution in [0.2, 0.25) is 47.3 Å². The van der Waals surface area contributed by atoms with Crippen LogP contribution in [0, 0.1) is 23.7 Å². The van der Waals surface area contributed by atoms with Crippen molar-refractivity contribution >= 4 is 26.2 Å². The van der Waals surface area contributed by atoms with Crippen LogP contribution in [-0.2, 0) is 8.85 Å². The summed E-state index contributed by atoms with van der Waals surface area (Å²) in [6.45, 7) is 25.2. The van der Waals surface area contributed by atoms with Gasteiger partial charge in [-0.2, -0.15) is 0 Å². The Labute approximate surface area is 223 Å². The summed E-state index contributed by atoms with van der Waals surface area (Å²) in [7, 11) is -3.94. The van der Waals surface area contributed by atoms with Crippen molar-refractivity contribution in [2.24, 2.45) is 23.7 Å². The first kappa shape index (κ1) is 28.6. The SMILES string of the molecule is CC(C)(C)[SiH2]OC1CC2CCCCC2C1[Si](C)(C)C1C(O[Si](C)(C)C(C)(C)C)CC2CCCCC21. The average Bonchev–Trinajstić information content (AvgIpc) is 3.28. The number of hydrogen-bond donors (Lipinski definition) is 0. The molecule has 4 saturated carbocycles. The van der Waals surface area contributed by atoms with Gasteiger partial charge in [0, 0.05) is 12.2 Å². The molecule has 8 atom stereocenters. The van der Waals surface area contributed by atoms with Gasteiger partial charge in [-0.1, -0.05) is 106 Å². The maximum atomic E-state index is 7.44. The second-order valence-corrected chi connectivity index (χ2v) is 29.1. The van der Waals surface area contributed by atoms with Gasteiger partial charge in [0.2, 0.25) is 0 Å². The topological polar surface area (TPSA) is 18.5 Å². The van der Waals surface area contributed by atoms with E-state index in [0.29, 0.717) is 22.3 Å². The lowest BCUT2D eigenvalue weighted by Crippen LogP contribution is -2.52. The van der Waals surface area contributed by atoms with Gasteiger partial charge in [-0.15, -0.1) is 0 Å². The largest absolute Gasteiger partial charge is 0.421 e. The molecule has 4 aliphatic rings. The standard InChI is InChI=1S/C30H60O2Si3/c1-29(2,3)33-31-25-19-21-15-11-13-17-23(21)27(25)34(7,8)28-24-18-14-12-16-22(24)20-26(28)32-35(9,10)30(4,5)6/h21-28H,11-20,33H2,1-10H3. The van der Waals surface area contributed by atoms with Crippen LogP contribution in [0.3, 0.4) is 0 Å². The Balaban J connectivity index is 1.66. The van der Waals surface area contributed by atoms with E-state index in [1.165, 1.54) is 64.2 Å². The summed E-state index contributed by atoms with van der Waals surface area (Å²) in [4.78, 5) is 0. The van der Waals surface area contributed by atoms with Crippen LogP contribution in [0.4, 0.5) is 0 Å². The molecule has 0 amide bonds. The smallest absolute Gasteiger partial charge is 0.192 e. The first-order valence-electron chi connectivity index (χ1n) is 15.4. The van der Waals surface area contributed by atoms with Gasteiger partial charge in [-0.3, -0.25) is 0 Å². The average molecular weight is 537 g/mol. The summed E-state index contributed by atoms with van der Waals surface area (Å²) < 4.78 is 14.5. The highest BCUT2D eigenvalue weighted by Crippen LogP contribution is 2.63. The fourth-order valence-electron chi connectivity index (χ4n) is 8.93. The first-order valence-corrected chi connectivity index (χ1v) is 22.8. The maximum absolute atomic E-state index is 7.44. The van der Waals surface area contributed by atoms with Gasteiger partial charge in [0.15, 0.2) is 18.1 Å². The summed E-state index contributed by atoms with van der Waals surface area (Å²) in [5, 5.41) is 0.683. The molecule has 0 aliphatic heterocycles. The van der Waals surface area contributed by atoms with Crippen LogP contribution in [0.15, 0.2) is 0 Å². The van der Waals surface area contributed by atoms with Gasteiger partial charge in [0.05, 0.1) is 8.07 Å². The molecule has 5 heteroatoms. The predicted molar refractivity (Wildman–Crippen MR) is 160 cm³/mol. The van der Waals surface area contributed by atoms with Gasteiger partial charge >= 0.3 is 0 Å². The minimum absolute atomic E-state index is 0.294. The van der Waals surface area contributed by atoms with Crippen molar-refractivity contribution in [1.29, 1.82) is 0 Å². The van der Waals surface area contributed by atoms with Crippen molar-refractivity contribution in [3.05, 3.63) is 0 Å². The van der Waals surface area contributed by atoms with Crippen molar-refractivity contribution in [2.45, 2.75) is 165 Å². The summed E-state index contributed by atoms with van der Waals surface area (Å²) >= 11 is 0. The van der Waals surface area contributed by atoms with Crippen molar-refractivity contribution in [1.82, 2.24) is 0 Å². The van der Waals surface area contributed by atoms with E-state index in [2.05, 4.69) is 67.7 Å². The van der Waals surface area contributed by atoms with E-state index in [-0.39, 0.29) is 0 Å². The Kier molecular flexibility index (Phi) is 8.39. The number of rotatable bonds is 6. The molecule has 0 saturated heterocycles. The molecule has 0 aromatic heterocycles. The van der Waals surface area contributed by atoms with Crippen molar-refractivity contribution < 1.29 is 8.85 Å². The highest BCUT2D eigenvalue weighted by atomic mass is 28.4. The fourth-order valence-corrected chi connectivity index (χ4v) is 17.6. The lowest BCUT2D eigenvalue weighted by molar-refractivity contribution is 0.170. The quantitative estimate of drug-likeness (QED) is 0.315. The maximum Gasteiger partial charge on any atom is 0.192 e. The Morgan fingerprint density at radius 1 is 0.657 bits per heavy atom. The highest BCUT2D eigenvalue weighted by molar-refractivity contribution is 6.81. The lowest BCUT2D eigenvalue weighted by Gasteiger charge is -2.49. The van der Waals surface area contributed by atoms with Crippen LogP contribution < -0.4 is 0 Å². The van der Waals surface area contributed by atoms with Crippen LogP contribution in [0.5, 0.6) is 0 Å². The predicted octanol–water partition coefficient (Wildman–Crippen LogP) is 8.93. The summed E-state index contributed by atoms with van der Waals surface area (Å²) in [5.41, 5.74) is 1.70. The third kappa shape index (κ3) is 5.94. The summed E-state index contributed by atoms with van der Waals surface area (Å²) in [5.74, 6) is 3.76. The normalized spacial score (nSPS) is 39.3.